The first-order valence-corrected chi connectivity index (χ1v) is 5.78. The molecule has 3 rings (SSSR count). The Morgan fingerprint density at radius 3 is 2.12 bits per heavy atom. The molecule has 6 heteroatoms. The minimum Gasteiger partial charge on any atom is -0.268 e. The van der Waals surface area contributed by atoms with Crippen molar-refractivity contribution in [2.45, 2.75) is 6.92 Å². The third kappa shape index (κ3) is 1.38. The van der Waals surface area contributed by atoms with Gasteiger partial charge in [-0.15, -0.1) is 10.2 Å². The molecule has 0 bridgehead atoms. The van der Waals surface area contributed by atoms with E-state index in [0.717, 1.165) is 9.91 Å². The first-order valence-electron chi connectivity index (χ1n) is 4.96. The molecule has 17 heavy (non-hydrogen) atoms. The lowest BCUT2D eigenvalue weighted by atomic mass is 10.1. The van der Waals surface area contributed by atoms with Crippen LogP contribution in [0.1, 0.15) is 25.7 Å². The summed E-state index contributed by atoms with van der Waals surface area (Å²) in [5.41, 5.74) is 0.843. The first kappa shape index (κ1) is 10.1. The molecule has 1 aliphatic rings. The van der Waals surface area contributed by atoms with E-state index in [0.29, 0.717) is 16.3 Å². The van der Waals surface area contributed by atoms with E-state index in [4.69, 9.17) is 0 Å². The number of rotatable bonds is 1. The third-order valence-electron chi connectivity index (χ3n) is 2.50. The number of imide groups is 1. The second-order valence-corrected chi connectivity index (χ2v) is 4.76. The van der Waals surface area contributed by atoms with E-state index >= 15 is 0 Å². The summed E-state index contributed by atoms with van der Waals surface area (Å²) >= 11 is 1.23. The number of carbonyl (C=O) groups excluding carboxylic acids is 2. The molecule has 0 saturated heterocycles. The number of hydrogen-bond donors (Lipinski definition) is 0. The Morgan fingerprint density at radius 2 is 1.65 bits per heavy atom. The quantitative estimate of drug-likeness (QED) is 0.716. The SMILES string of the molecule is Cc1nnc(N2C(=O)c3ccccc3C2=O)s1. The van der Waals surface area contributed by atoms with Crippen LogP contribution >= 0.6 is 11.3 Å². The highest BCUT2D eigenvalue weighted by molar-refractivity contribution is 7.15. The maximum absolute atomic E-state index is 12.1. The summed E-state index contributed by atoms with van der Waals surface area (Å²) in [6.07, 6.45) is 0. The maximum atomic E-state index is 12.1. The molecule has 84 valence electrons. The molecule has 0 saturated carbocycles. The summed E-state index contributed by atoms with van der Waals surface area (Å²) in [5, 5.41) is 8.70. The van der Waals surface area contributed by atoms with E-state index in [1.165, 1.54) is 11.3 Å². The Balaban J connectivity index is 2.12. The maximum Gasteiger partial charge on any atom is 0.268 e. The van der Waals surface area contributed by atoms with Crippen LogP contribution in [0.4, 0.5) is 5.13 Å². The zero-order valence-electron chi connectivity index (χ0n) is 8.88. The molecular formula is C11H7N3O2S. The van der Waals surface area contributed by atoms with Crippen molar-refractivity contribution in [2.24, 2.45) is 0 Å². The molecule has 0 unspecified atom stereocenters. The van der Waals surface area contributed by atoms with E-state index in [1.54, 1.807) is 31.2 Å². The van der Waals surface area contributed by atoms with Crippen LogP contribution in [0.15, 0.2) is 24.3 Å². The van der Waals surface area contributed by atoms with Crippen LogP contribution in [0.2, 0.25) is 0 Å². The molecule has 2 amide bonds. The van der Waals surface area contributed by atoms with E-state index in [1.807, 2.05) is 0 Å². The van der Waals surface area contributed by atoms with Crippen LogP contribution in [-0.4, -0.2) is 22.0 Å². The van der Waals surface area contributed by atoms with Gasteiger partial charge in [-0.3, -0.25) is 9.59 Å². The number of benzene rings is 1. The van der Waals surface area contributed by atoms with Crippen molar-refractivity contribution < 1.29 is 9.59 Å². The van der Waals surface area contributed by atoms with Crippen molar-refractivity contribution in [2.75, 3.05) is 4.90 Å². The van der Waals surface area contributed by atoms with Gasteiger partial charge in [-0.25, -0.2) is 4.90 Å². The Bertz CT molecular complexity index is 600. The van der Waals surface area contributed by atoms with Crippen LogP contribution in [-0.2, 0) is 0 Å². The second-order valence-electron chi connectivity index (χ2n) is 3.59. The van der Waals surface area contributed by atoms with Gasteiger partial charge < -0.3 is 0 Å². The number of carbonyl (C=O) groups is 2. The summed E-state index contributed by atoms with van der Waals surface area (Å²) < 4.78 is 0. The van der Waals surface area contributed by atoms with Crippen LogP contribution in [0, 0.1) is 6.92 Å². The number of hydrogen-bond acceptors (Lipinski definition) is 5. The minimum atomic E-state index is -0.332. The molecule has 2 heterocycles. The van der Waals surface area contributed by atoms with Crippen molar-refractivity contribution in [1.82, 2.24) is 10.2 Å². The zero-order chi connectivity index (χ0) is 12.0. The lowest BCUT2D eigenvalue weighted by molar-refractivity contribution is 0.0926. The Hall–Kier alpha value is -2.08. The van der Waals surface area contributed by atoms with E-state index in [2.05, 4.69) is 10.2 Å². The summed E-state index contributed by atoms with van der Waals surface area (Å²) in [6.45, 7) is 1.78. The van der Waals surface area contributed by atoms with E-state index in [-0.39, 0.29) is 11.8 Å². The Kier molecular flexibility index (Phi) is 2.05. The molecule has 0 aliphatic carbocycles. The molecule has 0 atom stereocenters. The summed E-state index contributed by atoms with van der Waals surface area (Å²) in [5.74, 6) is -0.663. The molecule has 5 nitrogen and oxygen atoms in total. The normalized spacial score (nSPS) is 14.3. The molecule has 1 aliphatic heterocycles. The lowest BCUT2D eigenvalue weighted by Gasteiger charge is -2.07. The zero-order valence-corrected chi connectivity index (χ0v) is 9.69. The number of aromatic nitrogens is 2. The average molecular weight is 245 g/mol. The van der Waals surface area contributed by atoms with Crippen LogP contribution < -0.4 is 4.90 Å². The molecule has 0 N–H and O–H groups in total. The third-order valence-corrected chi connectivity index (χ3v) is 3.32. The minimum absolute atomic E-state index is 0.328. The Labute approximate surface area is 101 Å². The van der Waals surface area contributed by atoms with Gasteiger partial charge in [-0.05, 0) is 19.1 Å². The molecule has 0 spiro atoms. The number of fused-ring (bicyclic) bond motifs is 1. The predicted octanol–water partition coefficient (Wildman–Crippen LogP) is 1.65. The van der Waals surface area contributed by atoms with Gasteiger partial charge in [0.1, 0.15) is 5.01 Å². The summed E-state index contributed by atoms with van der Waals surface area (Å²) in [4.78, 5) is 25.2. The van der Waals surface area contributed by atoms with Gasteiger partial charge >= 0.3 is 0 Å². The lowest BCUT2D eigenvalue weighted by Crippen LogP contribution is -2.29. The smallest absolute Gasteiger partial charge is 0.268 e. The van der Waals surface area contributed by atoms with Crippen molar-refractivity contribution in [1.29, 1.82) is 0 Å². The van der Waals surface area contributed by atoms with Gasteiger partial charge in [-0.2, -0.15) is 0 Å². The second kappa shape index (κ2) is 3.46. The fourth-order valence-electron chi connectivity index (χ4n) is 1.74. The molecular weight excluding hydrogens is 238 g/mol. The monoisotopic (exact) mass is 245 g/mol. The van der Waals surface area contributed by atoms with Crippen LogP contribution in [0.5, 0.6) is 0 Å². The first-order chi connectivity index (χ1) is 8.18. The fourth-order valence-corrected chi connectivity index (χ4v) is 2.42. The largest absolute Gasteiger partial charge is 0.268 e. The molecule has 1 aromatic carbocycles. The van der Waals surface area contributed by atoms with Crippen LogP contribution in [0.3, 0.4) is 0 Å². The average Bonchev–Trinajstić information content (AvgIpc) is 2.84. The standard InChI is InChI=1S/C11H7N3O2S/c1-6-12-13-11(17-6)14-9(15)7-4-2-3-5-8(7)10(14)16/h2-5H,1H3. The van der Waals surface area contributed by atoms with Gasteiger partial charge in [-0.1, -0.05) is 23.5 Å². The number of aryl methyl sites for hydroxylation is 1. The Morgan fingerprint density at radius 1 is 1.06 bits per heavy atom. The highest BCUT2D eigenvalue weighted by Crippen LogP contribution is 2.29. The van der Waals surface area contributed by atoms with Gasteiger partial charge in [0.15, 0.2) is 0 Å². The fraction of sp³-hybridized carbons (Fsp3) is 0.0909. The van der Waals surface area contributed by atoms with Gasteiger partial charge in [0.2, 0.25) is 5.13 Å². The van der Waals surface area contributed by atoms with E-state index in [9.17, 15) is 9.59 Å². The molecule has 0 fully saturated rings. The molecule has 0 radical (unpaired) electrons. The summed E-state index contributed by atoms with van der Waals surface area (Å²) in [7, 11) is 0. The highest BCUT2D eigenvalue weighted by Gasteiger charge is 2.38. The van der Waals surface area contributed by atoms with Crippen molar-refractivity contribution >= 4 is 28.3 Å². The molecule has 2 aromatic rings. The van der Waals surface area contributed by atoms with Crippen LogP contribution in [0.25, 0.3) is 0 Å². The van der Waals surface area contributed by atoms with Crippen molar-refractivity contribution in [3.63, 3.8) is 0 Å². The predicted molar refractivity (Wildman–Crippen MR) is 62.2 cm³/mol. The van der Waals surface area contributed by atoms with E-state index < -0.39 is 0 Å². The van der Waals surface area contributed by atoms with Gasteiger partial charge in [0.25, 0.3) is 11.8 Å². The van der Waals surface area contributed by atoms with Crippen molar-refractivity contribution in [3.8, 4) is 0 Å². The number of amides is 2. The van der Waals surface area contributed by atoms with Crippen molar-refractivity contribution in [3.05, 3.63) is 40.4 Å². The molecule has 1 aromatic heterocycles. The topological polar surface area (TPSA) is 63.2 Å². The summed E-state index contributed by atoms with van der Waals surface area (Å²) in [6, 6.07) is 6.75. The van der Waals surface area contributed by atoms with Gasteiger partial charge in [0, 0.05) is 0 Å². The highest BCUT2D eigenvalue weighted by atomic mass is 32.1. The number of nitrogens with zero attached hydrogens (tertiary/aromatic N) is 3. The van der Waals surface area contributed by atoms with Gasteiger partial charge in [0.05, 0.1) is 11.1 Å². The number of anilines is 1.